The van der Waals surface area contributed by atoms with Gasteiger partial charge in [-0.1, -0.05) is 42.5 Å². The zero-order valence-corrected chi connectivity index (χ0v) is 21.1. The third kappa shape index (κ3) is 8.08. The van der Waals surface area contributed by atoms with Gasteiger partial charge in [0.15, 0.2) is 5.78 Å². The maximum atomic E-state index is 13.2. The molecule has 3 aromatic carbocycles. The Bertz CT molecular complexity index is 1260. The summed E-state index contributed by atoms with van der Waals surface area (Å²) in [5, 5.41) is 2.77. The smallest absolute Gasteiger partial charge is 0.251 e. The van der Waals surface area contributed by atoms with Crippen LogP contribution in [0.25, 0.3) is 0 Å². The zero-order valence-electron chi connectivity index (χ0n) is 20.3. The fraction of sp³-hybridized carbons (Fsp3) is 0.259. The summed E-state index contributed by atoms with van der Waals surface area (Å²) in [5.41, 5.74) is 1.75. The van der Waals surface area contributed by atoms with Gasteiger partial charge in [-0.15, -0.1) is 0 Å². The second kappa shape index (κ2) is 12.5. The number of Topliss-reactive ketones (excluding diaryl/α,β-unsaturated/α-hetero) is 1. The molecule has 0 aliphatic heterocycles. The maximum absolute atomic E-state index is 13.2. The molecule has 0 aliphatic rings. The van der Waals surface area contributed by atoms with E-state index in [4.69, 9.17) is 0 Å². The number of carbonyl (C=O) groups is 2. The van der Waals surface area contributed by atoms with Gasteiger partial charge in [0.1, 0.15) is 5.82 Å². The van der Waals surface area contributed by atoms with Crippen molar-refractivity contribution in [2.45, 2.75) is 23.8 Å². The third-order valence-electron chi connectivity index (χ3n) is 5.55. The standard InChI is InChI=1S/C27H30FN3O4S/c1-31(2)17-16-29-36(34,35)24-14-8-21(9-15-24)19-26(32)25(18-20-6-4-3-5-7-20)30-27(33)22-10-12-23(28)13-11-22/h3-15,25,29H,16-19H2,1-2H3,(H,30,33)/t25-/m0/s1. The topological polar surface area (TPSA) is 95.6 Å². The number of sulfonamides is 1. The number of amides is 1. The van der Waals surface area contributed by atoms with Crippen LogP contribution in [0.3, 0.4) is 0 Å². The van der Waals surface area contributed by atoms with Crippen molar-refractivity contribution in [3.63, 3.8) is 0 Å². The summed E-state index contributed by atoms with van der Waals surface area (Å²) in [7, 11) is 0.0557. The monoisotopic (exact) mass is 511 g/mol. The average molecular weight is 512 g/mol. The van der Waals surface area contributed by atoms with Crippen LogP contribution in [-0.4, -0.2) is 58.2 Å². The van der Waals surface area contributed by atoms with Crippen molar-refractivity contribution in [1.82, 2.24) is 14.9 Å². The van der Waals surface area contributed by atoms with E-state index in [1.807, 2.05) is 49.3 Å². The van der Waals surface area contributed by atoms with E-state index in [2.05, 4.69) is 10.0 Å². The van der Waals surface area contributed by atoms with Gasteiger partial charge >= 0.3 is 0 Å². The molecule has 0 aromatic heterocycles. The molecular weight excluding hydrogens is 481 g/mol. The first-order chi connectivity index (χ1) is 17.1. The Labute approximate surface area is 211 Å². The molecule has 9 heteroatoms. The molecule has 0 radical (unpaired) electrons. The molecule has 36 heavy (non-hydrogen) atoms. The largest absolute Gasteiger partial charge is 0.342 e. The van der Waals surface area contributed by atoms with Crippen LogP contribution >= 0.6 is 0 Å². The first kappa shape index (κ1) is 27.2. The van der Waals surface area contributed by atoms with Crippen molar-refractivity contribution in [1.29, 1.82) is 0 Å². The van der Waals surface area contributed by atoms with Gasteiger partial charge in [0, 0.05) is 25.1 Å². The van der Waals surface area contributed by atoms with Gasteiger partial charge in [0.2, 0.25) is 10.0 Å². The SMILES string of the molecule is CN(C)CCNS(=O)(=O)c1ccc(CC(=O)[C@H](Cc2ccccc2)NC(=O)c2ccc(F)cc2)cc1. The second-order valence-corrected chi connectivity index (χ2v) is 10.5. The lowest BCUT2D eigenvalue weighted by molar-refractivity contribution is -0.120. The molecule has 0 heterocycles. The number of hydrogen-bond donors (Lipinski definition) is 2. The Morgan fingerprint density at radius 2 is 1.53 bits per heavy atom. The predicted octanol–water partition coefficient (Wildman–Crippen LogP) is 2.82. The lowest BCUT2D eigenvalue weighted by Crippen LogP contribution is -2.43. The summed E-state index contributed by atoms with van der Waals surface area (Å²) < 4.78 is 40.7. The Morgan fingerprint density at radius 1 is 0.889 bits per heavy atom. The summed E-state index contributed by atoms with van der Waals surface area (Å²) in [6, 6.07) is 19.7. The van der Waals surface area contributed by atoms with Crippen LogP contribution in [0.4, 0.5) is 4.39 Å². The molecule has 0 spiro atoms. The van der Waals surface area contributed by atoms with E-state index >= 15 is 0 Å². The number of nitrogens with zero attached hydrogens (tertiary/aromatic N) is 1. The molecule has 0 saturated heterocycles. The van der Waals surface area contributed by atoms with E-state index in [0.29, 0.717) is 12.1 Å². The van der Waals surface area contributed by atoms with Gasteiger partial charge in [-0.25, -0.2) is 17.5 Å². The molecule has 0 bridgehead atoms. The summed E-state index contributed by atoms with van der Waals surface area (Å²) >= 11 is 0. The van der Waals surface area contributed by atoms with E-state index < -0.39 is 27.8 Å². The first-order valence-electron chi connectivity index (χ1n) is 11.5. The zero-order chi connectivity index (χ0) is 26.1. The summed E-state index contributed by atoms with van der Waals surface area (Å²) in [6.07, 6.45) is 0.296. The molecule has 3 rings (SSSR count). The van der Waals surface area contributed by atoms with Crippen LogP contribution in [0.1, 0.15) is 21.5 Å². The number of ketones is 1. The molecular formula is C27H30FN3O4S. The van der Waals surface area contributed by atoms with Crippen molar-refractivity contribution >= 4 is 21.7 Å². The number of carbonyl (C=O) groups excluding carboxylic acids is 2. The van der Waals surface area contributed by atoms with Crippen molar-refractivity contribution in [3.05, 3.63) is 101 Å². The van der Waals surface area contributed by atoms with Crippen molar-refractivity contribution in [2.75, 3.05) is 27.2 Å². The highest BCUT2D eigenvalue weighted by Gasteiger charge is 2.23. The number of halogens is 1. The number of benzene rings is 3. The number of nitrogens with one attached hydrogen (secondary N) is 2. The second-order valence-electron chi connectivity index (χ2n) is 8.71. The first-order valence-corrected chi connectivity index (χ1v) is 13.0. The lowest BCUT2D eigenvalue weighted by atomic mass is 9.97. The minimum atomic E-state index is -3.65. The lowest BCUT2D eigenvalue weighted by Gasteiger charge is -2.18. The highest BCUT2D eigenvalue weighted by Crippen LogP contribution is 2.14. The van der Waals surface area contributed by atoms with E-state index in [0.717, 1.165) is 5.56 Å². The highest BCUT2D eigenvalue weighted by molar-refractivity contribution is 7.89. The normalized spacial score (nSPS) is 12.3. The van der Waals surface area contributed by atoms with Crippen LogP contribution in [0.5, 0.6) is 0 Å². The minimum absolute atomic E-state index is 0.00951. The van der Waals surface area contributed by atoms with Gasteiger partial charge in [-0.05, 0) is 68.0 Å². The molecule has 1 atom stereocenters. The Morgan fingerprint density at radius 3 is 2.14 bits per heavy atom. The number of likely N-dealkylation sites (N-methyl/N-ethyl adjacent to an activating group) is 1. The molecule has 2 N–H and O–H groups in total. The summed E-state index contributed by atoms with van der Waals surface area (Å²) in [6.45, 7) is 0.850. The van der Waals surface area contributed by atoms with Gasteiger partial charge < -0.3 is 10.2 Å². The van der Waals surface area contributed by atoms with E-state index in [1.165, 1.54) is 36.4 Å². The van der Waals surface area contributed by atoms with Crippen LogP contribution in [0.2, 0.25) is 0 Å². The summed E-state index contributed by atoms with van der Waals surface area (Å²) in [4.78, 5) is 27.9. The molecule has 1 amide bonds. The Hall–Kier alpha value is -3.40. The molecule has 3 aromatic rings. The predicted molar refractivity (Wildman–Crippen MR) is 137 cm³/mol. The fourth-order valence-corrected chi connectivity index (χ4v) is 4.56. The van der Waals surface area contributed by atoms with Crippen LogP contribution < -0.4 is 10.0 Å². The molecule has 0 unspecified atom stereocenters. The van der Waals surface area contributed by atoms with Crippen LogP contribution in [0.15, 0.2) is 83.8 Å². The maximum Gasteiger partial charge on any atom is 0.251 e. The fourth-order valence-electron chi connectivity index (χ4n) is 3.54. The van der Waals surface area contributed by atoms with Crippen molar-refractivity contribution < 1.29 is 22.4 Å². The van der Waals surface area contributed by atoms with E-state index in [1.54, 1.807) is 12.1 Å². The van der Waals surface area contributed by atoms with E-state index in [-0.39, 0.29) is 35.6 Å². The van der Waals surface area contributed by atoms with Crippen LogP contribution in [0, 0.1) is 5.82 Å². The summed E-state index contributed by atoms with van der Waals surface area (Å²) in [5.74, 6) is -1.16. The minimum Gasteiger partial charge on any atom is -0.342 e. The number of hydrogen-bond acceptors (Lipinski definition) is 5. The molecule has 7 nitrogen and oxygen atoms in total. The molecule has 0 aliphatic carbocycles. The van der Waals surface area contributed by atoms with Gasteiger partial charge in [0.25, 0.3) is 5.91 Å². The molecule has 190 valence electrons. The average Bonchev–Trinajstić information content (AvgIpc) is 2.84. The van der Waals surface area contributed by atoms with Gasteiger partial charge in [-0.2, -0.15) is 0 Å². The van der Waals surface area contributed by atoms with Gasteiger partial charge in [-0.3, -0.25) is 9.59 Å². The number of rotatable bonds is 12. The third-order valence-corrected chi connectivity index (χ3v) is 7.02. The molecule has 0 saturated carbocycles. The Kier molecular flexibility index (Phi) is 9.46. The molecule has 0 fully saturated rings. The van der Waals surface area contributed by atoms with Crippen molar-refractivity contribution in [3.8, 4) is 0 Å². The quantitative estimate of drug-likeness (QED) is 0.390. The van der Waals surface area contributed by atoms with Crippen molar-refractivity contribution in [2.24, 2.45) is 0 Å². The van der Waals surface area contributed by atoms with Gasteiger partial charge in [0.05, 0.1) is 10.9 Å². The van der Waals surface area contributed by atoms with E-state index in [9.17, 15) is 22.4 Å². The highest BCUT2D eigenvalue weighted by atomic mass is 32.2. The Balaban J connectivity index is 1.71. The van der Waals surface area contributed by atoms with Crippen LogP contribution in [-0.2, 0) is 27.7 Å².